The van der Waals surface area contributed by atoms with Gasteiger partial charge in [0.1, 0.15) is 0 Å². The van der Waals surface area contributed by atoms with Gasteiger partial charge in [0, 0.05) is 12.1 Å². The molecule has 78 valence electrons. The minimum absolute atomic E-state index is 0.433. The second kappa shape index (κ2) is 4.43. The molecule has 1 aliphatic heterocycles. The van der Waals surface area contributed by atoms with E-state index in [1.165, 1.54) is 25.9 Å². The van der Waals surface area contributed by atoms with E-state index >= 15 is 0 Å². The van der Waals surface area contributed by atoms with Crippen molar-refractivity contribution in [1.29, 1.82) is 0 Å². The van der Waals surface area contributed by atoms with Gasteiger partial charge in [-0.05, 0) is 52.1 Å². The Morgan fingerprint density at radius 1 is 1.46 bits per heavy atom. The van der Waals surface area contributed by atoms with Crippen molar-refractivity contribution in [3.63, 3.8) is 0 Å². The average molecular weight is 184 g/mol. The molecular formula is C11H24N2. The monoisotopic (exact) mass is 184 g/mol. The Labute approximate surface area is 82.5 Å². The fourth-order valence-corrected chi connectivity index (χ4v) is 2.25. The lowest BCUT2D eigenvalue weighted by atomic mass is 10.00. The van der Waals surface area contributed by atoms with Crippen molar-refractivity contribution in [1.82, 2.24) is 4.90 Å². The van der Waals surface area contributed by atoms with Gasteiger partial charge in [-0.1, -0.05) is 6.92 Å². The van der Waals surface area contributed by atoms with Crippen LogP contribution < -0.4 is 5.73 Å². The highest BCUT2D eigenvalue weighted by Crippen LogP contribution is 2.28. The Kier molecular flexibility index (Phi) is 3.74. The van der Waals surface area contributed by atoms with Gasteiger partial charge >= 0.3 is 0 Å². The van der Waals surface area contributed by atoms with Crippen LogP contribution in [-0.4, -0.2) is 30.1 Å². The van der Waals surface area contributed by atoms with Crippen molar-refractivity contribution in [3.8, 4) is 0 Å². The van der Waals surface area contributed by atoms with E-state index in [4.69, 9.17) is 5.73 Å². The highest BCUT2D eigenvalue weighted by Gasteiger charge is 2.31. The smallest absolute Gasteiger partial charge is 0.0153 e. The molecule has 1 aliphatic rings. The predicted molar refractivity (Wildman–Crippen MR) is 57.7 cm³/mol. The molecule has 1 atom stereocenters. The van der Waals surface area contributed by atoms with Gasteiger partial charge in [0.15, 0.2) is 0 Å². The molecule has 0 amide bonds. The van der Waals surface area contributed by atoms with E-state index in [1.54, 1.807) is 0 Å². The number of rotatable bonds is 4. The second-order valence-corrected chi connectivity index (χ2v) is 5.04. The van der Waals surface area contributed by atoms with Crippen molar-refractivity contribution in [3.05, 3.63) is 0 Å². The summed E-state index contributed by atoms with van der Waals surface area (Å²) in [5.74, 6) is 0.752. The molecule has 0 aliphatic carbocycles. The van der Waals surface area contributed by atoms with Crippen molar-refractivity contribution in [2.45, 2.75) is 45.6 Å². The third-order valence-corrected chi connectivity index (χ3v) is 3.26. The molecule has 0 aromatic carbocycles. The molecule has 2 N–H and O–H groups in total. The van der Waals surface area contributed by atoms with Gasteiger partial charge in [0.05, 0.1) is 0 Å². The van der Waals surface area contributed by atoms with E-state index in [1.807, 2.05) is 0 Å². The third-order valence-electron chi connectivity index (χ3n) is 3.26. The largest absolute Gasteiger partial charge is 0.330 e. The van der Waals surface area contributed by atoms with Gasteiger partial charge in [-0.25, -0.2) is 0 Å². The lowest BCUT2D eigenvalue weighted by Crippen LogP contribution is -2.41. The molecule has 1 fully saturated rings. The first-order valence-corrected chi connectivity index (χ1v) is 5.51. The van der Waals surface area contributed by atoms with Crippen LogP contribution in [0.5, 0.6) is 0 Å². The molecule has 0 aromatic rings. The molecule has 1 saturated heterocycles. The summed E-state index contributed by atoms with van der Waals surface area (Å²) in [4.78, 5) is 2.62. The van der Waals surface area contributed by atoms with Crippen molar-refractivity contribution >= 4 is 0 Å². The van der Waals surface area contributed by atoms with Gasteiger partial charge in [-0.2, -0.15) is 0 Å². The summed E-state index contributed by atoms with van der Waals surface area (Å²) in [6.45, 7) is 10.4. The maximum Gasteiger partial charge on any atom is 0.0153 e. The van der Waals surface area contributed by atoms with E-state index in [2.05, 4.69) is 25.7 Å². The van der Waals surface area contributed by atoms with Gasteiger partial charge in [0.2, 0.25) is 0 Å². The second-order valence-electron chi connectivity index (χ2n) is 5.04. The molecule has 13 heavy (non-hydrogen) atoms. The molecular weight excluding hydrogens is 160 g/mol. The molecule has 0 saturated carbocycles. The van der Waals surface area contributed by atoms with Crippen LogP contribution in [0.2, 0.25) is 0 Å². The Morgan fingerprint density at radius 3 is 2.62 bits per heavy atom. The Bertz CT molecular complexity index is 154. The first-order valence-electron chi connectivity index (χ1n) is 5.51. The van der Waals surface area contributed by atoms with Gasteiger partial charge < -0.3 is 5.73 Å². The number of nitrogens with zero attached hydrogens (tertiary/aromatic N) is 1. The average Bonchev–Trinajstić information content (AvgIpc) is 2.31. The number of likely N-dealkylation sites (tertiary alicyclic amines) is 1. The summed E-state index contributed by atoms with van der Waals surface area (Å²) in [5.41, 5.74) is 5.99. The van der Waals surface area contributed by atoms with Crippen LogP contribution in [0, 0.1) is 5.92 Å². The van der Waals surface area contributed by atoms with Crippen LogP contribution in [0.4, 0.5) is 0 Å². The van der Waals surface area contributed by atoms with Crippen molar-refractivity contribution in [2.24, 2.45) is 11.7 Å². The maximum atomic E-state index is 5.55. The highest BCUT2D eigenvalue weighted by atomic mass is 15.2. The van der Waals surface area contributed by atoms with E-state index in [-0.39, 0.29) is 0 Å². The molecule has 0 bridgehead atoms. The van der Waals surface area contributed by atoms with Gasteiger partial charge in [-0.3, -0.25) is 4.90 Å². The standard InChI is InChI=1S/C11H24N2/c1-10(5-7-12)9-13-8-4-6-11(13,2)3/h10H,4-9,12H2,1-3H3. The lowest BCUT2D eigenvalue weighted by Gasteiger charge is -2.33. The van der Waals surface area contributed by atoms with E-state index in [0.717, 1.165) is 18.9 Å². The number of hydrogen-bond acceptors (Lipinski definition) is 2. The van der Waals surface area contributed by atoms with E-state index < -0.39 is 0 Å². The first-order chi connectivity index (χ1) is 6.06. The summed E-state index contributed by atoms with van der Waals surface area (Å²) in [6.07, 6.45) is 3.87. The maximum absolute atomic E-state index is 5.55. The normalized spacial score (nSPS) is 24.9. The van der Waals surface area contributed by atoms with Crippen LogP contribution in [0.15, 0.2) is 0 Å². The molecule has 0 spiro atoms. The zero-order chi connectivity index (χ0) is 9.90. The Hall–Kier alpha value is -0.0800. The van der Waals surface area contributed by atoms with Crippen molar-refractivity contribution < 1.29 is 0 Å². The highest BCUT2D eigenvalue weighted by molar-refractivity contribution is 4.88. The van der Waals surface area contributed by atoms with Gasteiger partial charge in [0.25, 0.3) is 0 Å². The topological polar surface area (TPSA) is 29.3 Å². The molecule has 1 rings (SSSR count). The fraction of sp³-hybridized carbons (Fsp3) is 1.00. The molecule has 0 radical (unpaired) electrons. The molecule has 2 heteroatoms. The summed E-state index contributed by atoms with van der Waals surface area (Å²) in [6, 6.07) is 0. The van der Waals surface area contributed by atoms with Crippen LogP contribution in [0.1, 0.15) is 40.0 Å². The van der Waals surface area contributed by atoms with Crippen molar-refractivity contribution in [2.75, 3.05) is 19.6 Å². The summed E-state index contributed by atoms with van der Waals surface area (Å²) < 4.78 is 0. The molecule has 1 unspecified atom stereocenters. The first kappa shape index (κ1) is 11.0. The molecule has 1 heterocycles. The SMILES string of the molecule is CC(CCN)CN1CCCC1(C)C. The van der Waals surface area contributed by atoms with Crippen LogP contribution in [-0.2, 0) is 0 Å². The summed E-state index contributed by atoms with van der Waals surface area (Å²) >= 11 is 0. The number of nitrogens with two attached hydrogens (primary N) is 1. The minimum Gasteiger partial charge on any atom is -0.330 e. The Balaban J connectivity index is 2.35. The number of hydrogen-bond donors (Lipinski definition) is 1. The minimum atomic E-state index is 0.433. The van der Waals surface area contributed by atoms with Crippen LogP contribution in [0.25, 0.3) is 0 Å². The van der Waals surface area contributed by atoms with E-state index in [0.29, 0.717) is 5.54 Å². The quantitative estimate of drug-likeness (QED) is 0.722. The lowest BCUT2D eigenvalue weighted by molar-refractivity contribution is 0.150. The predicted octanol–water partition coefficient (Wildman–Crippen LogP) is 1.85. The van der Waals surface area contributed by atoms with E-state index in [9.17, 15) is 0 Å². The van der Waals surface area contributed by atoms with Crippen LogP contribution >= 0.6 is 0 Å². The Morgan fingerprint density at radius 2 is 2.15 bits per heavy atom. The zero-order valence-corrected chi connectivity index (χ0v) is 9.34. The summed E-state index contributed by atoms with van der Waals surface area (Å²) in [7, 11) is 0. The fourth-order valence-electron chi connectivity index (χ4n) is 2.25. The zero-order valence-electron chi connectivity index (χ0n) is 9.34. The third kappa shape index (κ3) is 2.96. The molecule has 0 aromatic heterocycles. The van der Waals surface area contributed by atoms with Crippen LogP contribution in [0.3, 0.4) is 0 Å². The molecule has 2 nitrogen and oxygen atoms in total. The summed E-state index contributed by atoms with van der Waals surface area (Å²) in [5, 5.41) is 0. The van der Waals surface area contributed by atoms with Gasteiger partial charge in [-0.15, -0.1) is 0 Å².